The molecule has 7 N–H and O–H groups in total. The van der Waals surface area contributed by atoms with Crippen LogP contribution in [0.2, 0.25) is 5.02 Å². The number of β-amino-alcohol motifs (C(OH)–C–C–N with tert-alkyl or cyclic N) is 1. The predicted molar refractivity (Wildman–Crippen MR) is 286 cm³/mol. The molecule has 410 valence electrons. The summed E-state index contributed by atoms with van der Waals surface area (Å²) in [4.78, 5) is 103. The zero-order valence-electron chi connectivity index (χ0n) is 44.7. The van der Waals surface area contributed by atoms with Crippen molar-refractivity contribution in [3.05, 3.63) is 69.8 Å². The molecule has 75 heavy (non-hydrogen) atoms. The van der Waals surface area contributed by atoms with Gasteiger partial charge in [-0.25, -0.2) is 9.78 Å². The minimum absolute atomic E-state index is 0.0257. The summed E-state index contributed by atoms with van der Waals surface area (Å²) in [6.45, 7) is 14.5. The molecule has 20 heteroatoms. The van der Waals surface area contributed by atoms with Crippen LogP contribution in [0.25, 0.3) is 10.4 Å². The molecule has 18 nitrogen and oxygen atoms in total. The van der Waals surface area contributed by atoms with E-state index in [1.165, 1.54) is 4.90 Å². The van der Waals surface area contributed by atoms with Crippen molar-refractivity contribution < 1.29 is 48.1 Å². The molecule has 0 bridgehead atoms. The van der Waals surface area contributed by atoms with Crippen molar-refractivity contribution in [2.24, 2.45) is 11.1 Å². The Balaban J connectivity index is 1.01. The summed E-state index contributed by atoms with van der Waals surface area (Å²) in [6, 6.07) is 8.52. The maximum Gasteiger partial charge on any atom is 0.408 e. The second kappa shape index (κ2) is 25.8. The molecule has 7 amide bonds. The number of hydrogen-bond acceptors (Lipinski definition) is 12. The number of alkyl carbamates (subject to hydrolysis) is 1. The zero-order valence-corrected chi connectivity index (χ0v) is 46.2. The van der Waals surface area contributed by atoms with Gasteiger partial charge in [-0.05, 0) is 114 Å². The summed E-state index contributed by atoms with van der Waals surface area (Å²) in [5.41, 5.74) is 9.49. The average molecular weight is 1080 g/mol. The van der Waals surface area contributed by atoms with Gasteiger partial charge in [-0.1, -0.05) is 81.6 Å². The lowest BCUT2D eigenvalue weighted by molar-refractivity contribution is -0.144. The van der Waals surface area contributed by atoms with Gasteiger partial charge < -0.3 is 51.4 Å². The number of aliphatic hydroxyl groups is 1. The standard InChI is InChI=1S/C55H77ClN8O10S/c1-32(34-20-22-36(23-21-34)47-33(2)58-31-75-47)59-50(69)42-28-39(65)29-63(42)52(71)48(54(3,4)5)62-45(67)19-12-9-14-35-15-13-18-43(46(35)56)73-30-37(24-27-44(57)66)60-49(68)41-26-25-38-16-10-11-17-40(51(70)64(38)41)61-53(72)74-55(6,7)8/h13,15,18,20-23,31-32,37-42,48,65H,9-12,14,16-17,19,24-30H2,1-8H3,(H2,57,66)(H,59,69)(H,60,68)(H,61,72)(H,62,67)/t32-,37-,38-,39+,40-,41-,42-,48?/m0/s1. The van der Waals surface area contributed by atoms with Gasteiger partial charge in [0.15, 0.2) is 0 Å². The highest BCUT2D eigenvalue weighted by atomic mass is 35.5. The Bertz CT molecular complexity index is 2510. The second-order valence-electron chi connectivity index (χ2n) is 22.3. The number of aromatic nitrogens is 1. The Morgan fingerprint density at radius 2 is 1.61 bits per heavy atom. The van der Waals surface area contributed by atoms with Gasteiger partial charge in [-0.15, -0.1) is 11.3 Å². The fourth-order valence-corrected chi connectivity index (χ4v) is 11.2. The normalized spacial score (nSPS) is 21.2. The quantitative estimate of drug-likeness (QED) is 0.0641. The van der Waals surface area contributed by atoms with Gasteiger partial charge in [-0.3, -0.25) is 28.8 Å². The number of benzene rings is 2. The number of rotatable bonds is 20. The number of carbonyl (C=O) groups is 7. The van der Waals surface area contributed by atoms with Gasteiger partial charge in [0.2, 0.25) is 35.4 Å². The first-order chi connectivity index (χ1) is 35.4. The Hall–Kier alpha value is -5.79. The van der Waals surface area contributed by atoms with Crippen molar-refractivity contribution in [2.45, 2.75) is 193 Å². The van der Waals surface area contributed by atoms with Gasteiger partial charge in [0, 0.05) is 31.8 Å². The van der Waals surface area contributed by atoms with E-state index in [4.69, 9.17) is 26.8 Å². The van der Waals surface area contributed by atoms with E-state index in [0.717, 1.165) is 46.5 Å². The van der Waals surface area contributed by atoms with Crippen LogP contribution in [0.4, 0.5) is 4.79 Å². The van der Waals surface area contributed by atoms with Crippen molar-refractivity contribution in [3.8, 4) is 16.2 Å². The van der Waals surface area contributed by atoms with Gasteiger partial charge in [0.05, 0.1) is 39.3 Å². The molecule has 6 rings (SSSR count). The largest absolute Gasteiger partial charge is 0.490 e. The van der Waals surface area contributed by atoms with Crippen molar-refractivity contribution in [3.63, 3.8) is 0 Å². The predicted octanol–water partition coefficient (Wildman–Crippen LogP) is 6.81. The van der Waals surface area contributed by atoms with Crippen molar-refractivity contribution in [1.82, 2.24) is 36.1 Å². The smallest absolute Gasteiger partial charge is 0.408 e. The number of aliphatic hydroxyl groups excluding tert-OH is 1. The van der Waals surface area contributed by atoms with Crippen LogP contribution in [0.3, 0.4) is 0 Å². The Morgan fingerprint density at radius 3 is 2.28 bits per heavy atom. The van der Waals surface area contributed by atoms with Gasteiger partial charge in [-0.2, -0.15) is 0 Å². The number of carbonyl (C=O) groups excluding carboxylic acids is 7. The van der Waals surface area contributed by atoms with E-state index in [-0.39, 0.29) is 68.6 Å². The zero-order chi connectivity index (χ0) is 54.8. The van der Waals surface area contributed by atoms with Crippen LogP contribution in [0.5, 0.6) is 5.75 Å². The van der Waals surface area contributed by atoms with Gasteiger partial charge >= 0.3 is 6.09 Å². The number of unbranched alkanes of at least 4 members (excludes halogenated alkanes) is 1. The lowest BCUT2D eigenvalue weighted by Crippen LogP contribution is -2.57. The lowest BCUT2D eigenvalue weighted by Gasteiger charge is -2.35. The SMILES string of the molecule is Cc1ncsc1-c1ccc([C@H](C)NC(=O)[C@@H]2C[C@@H](O)CN2C(=O)C(NC(=O)CCCCc2cccc(OC[C@H](CCC(N)=O)NC(=O)[C@@H]3CC[C@@H]4CCCC[C@H](NC(=O)OC(C)(C)C)C(=O)N43)c2Cl)C(C)(C)C)cc1. The number of fused-ring (bicyclic) bond motifs is 1. The van der Waals surface area contributed by atoms with E-state index < -0.39 is 71.1 Å². The summed E-state index contributed by atoms with van der Waals surface area (Å²) in [6.07, 6.45) is 4.08. The van der Waals surface area contributed by atoms with E-state index in [9.17, 15) is 38.7 Å². The maximum atomic E-state index is 14.3. The third-order valence-electron chi connectivity index (χ3n) is 14.1. The summed E-state index contributed by atoms with van der Waals surface area (Å²) in [5.74, 6) is -2.07. The first-order valence-corrected chi connectivity index (χ1v) is 27.5. The van der Waals surface area contributed by atoms with E-state index in [1.54, 1.807) is 54.7 Å². The molecule has 4 heterocycles. The van der Waals surface area contributed by atoms with E-state index in [1.807, 2.05) is 65.0 Å². The Labute approximate surface area is 450 Å². The minimum atomic E-state index is -0.970. The van der Waals surface area contributed by atoms with Crippen molar-refractivity contribution in [1.29, 1.82) is 0 Å². The van der Waals surface area contributed by atoms with Crippen LogP contribution in [-0.4, -0.2) is 123 Å². The summed E-state index contributed by atoms with van der Waals surface area (Å²) >= 11 is 8.45. The fourth-order valence-electron chi connectivity index (χ4n) is 10.1. The van der Waals surface area contributed by atoms with Crippen LogP contribution in [0.15, 0.2) is 48.0 Å². The molecule has 1 unspecified atom stereocenters. The Kier molecular flexibility index (Phi) is 20.1. The molecule has 0 saturated carbocycles. The van der Waals surface area contributed by atoms with Crippen LogP contribution in [0, 0.1) is 12.3 Å². The second-order valence-corrected chi connectivity index (χ2v) is 23.5. The molecule has 2 aromatic carbocycles. The molecule has 3 saturated heterocycles. The highest BCUT2D eigenvalue weighted by molar-refractivity contribution is 7.13. The molecule has 3 aliphatic heterocycles. The highest BCUT2D eigenvalue weighted by Gasteiger charge is 2.46. The van der Waals surface area contributed by atoms with E-state index in [0.29, 0.717) is 49.3 Å². The van der Waals surface area contributed by atoms with Crippen molar-refractivity contribution >= 4 is 64.5 Å². The molecular formula is C55H77ClN8O10S. The van der Waals surface area contributed by atoms with Crippen LogP contribution in [-0.2, 0) is 39.9 Å². The summed E-state index contributed by atoms with van der Waals surface area (Å²) in [7, 11) is 0. The van der Waals surface area contributed by atoms with Gasteiger partial charge in [0.1, 0.15) is 42.1 Å². The minimum Gasteiger partial charge on any atom is -0.490 e. The number of nitrogens with one attached hydrogen (secondary N) is 4. The molecule has 0 spiro atoms. The number of likely N-dealkylation sites (tertiary alicyclic amines) is 1. The highest BCUT2D eigenvalue weighted by Crippen LogP contribution is 2.34. The summed E-state index contributed by atoms with van der Waals surface area (Å²) < 4.78 is 11.6. The number of aryl methyl sites for hydroxylation is 2. The number of nitrogens with two attached hydrogens (primary N) is 1. The number of primary amides is 1. The van der Waals surface area contributed by atoms with E-state index >= 15 is 0 Å². The first kappa shape index (κ1) is 58.5. The van der Waals surface area contributed by atoms with E-state index in [2.05, 4.69) is 26.3 Å². The molecule has 0 radical (unpaired) electrons. The number of ether oxygens (including phenoxy) is 2. The number of nitrogens with zero attached hydrogens (tertiary/aromatic N) is 3. The fraction of sp³-hybridized carbons (Fsp3) is 0.600. The average Bonchev–Trinajstić information content (AvgIpc) is 4.08. The molecule has 8 atom stereocenters. The number of hydrogen-bond donors (Lipinski definition) is 6. The molecular weight excluding hydrogens is 1000 g/mol. The molecule has 3 fully saturated rings. The van der Waals surface area contributed by atoms with Crippen LogP contribution in [0.1, 0.15) is 148 Å². The number of thiazole rings is 1. The lowest BCUT2D eigenvalue weighted by atomic mass is 9.85. The van der Waals surface area contributed by atoms with Crippen molar-refractivity contribution in [2.75, 3.05) is 13.2 Å². The third kappa shape index (κ3) is 16.1. The molecule has 0 aliphatic carbocycles. The maximum absolute atomic E-state index is 14.3. The topological polar surface area (TPSA) is 252 Å². The van der Waals surface area contributed by atoms with Crippen LogP contribution >= 0.6 is 22.9 Å². The van der Waals surface area contributed by atoms with Gasteiger partial charge in [0.25, 0.3) is 0 Å². The third-order valence-corrected chi connectivity index (χ3v) is 15.5. The molecule has 3 aromatic rings. The molecule has 1 aromatic heterocycles. The summed E-state index contributed by atoms with van der Waals surface area (Å²) in [5, 5.41) is 22.8. The molecule has 3 aliphatic rings. The first-order valence-electron chi connectivity index (χ1n) is 26.3. The number of amides is 7. The number of halogens is 1. The van der Waals surface area contributed by atoms with Crippen LogP contribution < -0.4 is 31.7 Å². The monoisotopic (exact) mass is 1080 g/mol. The Morgan fingerprint density at radius 1 is 0.907 bits per heavy atom.